The van der Waals surface area contributed by atoms with Crippen LogP contribution in [0.25, 0.3) is 5.57 Å². The molecule has 0 saturated heterocycles. The topological polar surface area (TPSA) is 9.23 Å². The van der Waals surface area contributed by atoms with Crippen LogP contribution in [0.1, 0.15) is 29.2 Å². The molecule has 1 heteroatoms. The van der Waals surface area contributed by atoms with Crippen molar-refractivity contribution in [3.05, 3.63) is 125 Å². The largest absolute Gasteiger partial charge is 0.457 e. The molecule has 2 aliphatic rings. The summed E-state index contributed by atoms with van der Waals surface area (Å²) in [5.74, 6) is 1.83. The summed E-state index contributed by atoms with van der Waals surface area (Å²) in [6.07, 6.45) is 6.34. The van der Waals surface area contributed by atoms with Gasteiger partial charge in [0.05, 0.1) is 5.41 Å². The fourth-order valence-corrected chi connectivity index (χ4v) is 4.71. The predicted octanol–water partition coefficient (Wildman–Crippen LogP) is 6.66. The second-order valence-corrected chi connectivity index (χ2v) is 6.92. The zero-order valence-corrected chi connectivity index (χ0v) is 15.3. The molecule has 0 amide bonds. The van der Waals surface area contributed by atoms with Crippen molar-refractivity contribution < 1.29 is 4.74 Å². The first-order valence-corrected chi connectivity index (χ1v) is 9.29. The average molecular weight is 348 g/mol. The van der Waals surface area contributed by atoms with Gasteiger partial charge in [-0.25, -0.2) is 0 Å². The molecule has 1 aliphatic heterocycles. The number of hydrogen-bond acceptors (Lipinski definition) is 1. The van der Waals surface area contributed by atoms with E-state index in [0.717, 1.165) is 11.5 Å². The standard InChI is InChI=1S/C26H20O/c1-3-11-20-18(4-2)19-12-5-6-13-21(19)26(20)22-14-7-9-16-24(22)27-25-17-10-8-15-23(25)26/h3-17H,2H2,1H3/b11-3-. The summed E-state index contributed by atoms with van der Waals surface area (Å²) in [5.41, 5.74) is 6.95. The Balaban J connectivity index is 2.02. The first-order chi connectivity index (χ1) is 13.3. The van der Waals surface area contributed by atoms with Gasteiger partial charge in [0.15, 0.2) is 0 Å². The molecule has 3 aromatic rings. The summed E-state index contributed by atoms with van der Waals surface area (Å²) >= 11 is 0. The van der Waals surface area contributed by atoms with E-state index in [1.807, 2.05) is 18.2 Å². The van der Waals surface area contributed by atoms with Crippen LogP contribution < -0.4 is 4.74 Å². The minimum absolute atomic E-state index is 0.391. The Morgan fingerprint density at radius 2 is 1.33 bits per heavy atom. The van der Waals surface area contributed by atoms with Crippen molar-refractivity contribution in [3.63, 3.8) is 0 Å². The van der Waals surface area contributed by atoms with Crippen LogP contribution in [0, 0.1) is 0 Å². The fourth-order valence-electron chi connectivity index (χ4n) is 4.71. The summed E-state index contributed by atoms with van der Waals surface area (Å²) in [5, 5.41) is 0. The summed E-state index contributed by atoms with van der Waals surface area (Å²) in [4.78, 5) is 0. The van der Waals surface area contributed by atoms with Gasteiger partial charge in [0, 0.05) is 11.1 Å². The summed E-state index contributed by atoms with van der Waals surface area (Å²) in [6.45, 7) is 6.21. The van der Waals surface area contributed by atoms with E-state index in [4.69, 9.17) is 4.74 Å². The van der Waals surface area contributed by atoms with Gasteiger partial charge in [0.1, 0.15) is 11.5 Å². The molecule has 0 bridgehead atoms. The lowest BCUT2D eigenvalue weighted by molar-refractivity contribution is 0.436. The van der Waals surface area contributed by atoms with Gasteiger partial charge >= 0.3 is 0 Å². The van der Waals surface area contributed by atoms with Gasteiger partial charge in [-0.2, -0.15) is 0 Å². The van der Waals surface area contributed by atoms with Crippen LogP contribution in [-0.2, 0) is 5.41 Å². The molecule has 1 heterocycles. The summed E-state index contributed by atoms with van der Waals surface area (Å²) in [6, 6.07) is 25.5. The molecular weight excluding hydrogens is 328 g/mol. The zero-order chi connectivity index (χ0) is 18.4. The van der Waals surface area contributed by atoms with Crippen LogP contribution in [-0.4, -0.2) is 0 Å². The maximum Gasteiger partial charge on any atom is 0.132 e. The van der Waals surface area contributed by atoms with Crippen LogP contribution in [0.15, 0.2) is 103 Å². The molecule has 0 aromatic heterocycles. The van der Waals surface area contributed by atoms with E-state index in [0.29, 0.717) is 0 Å². The molecule has 1 aliphatic carbocycles. The van der Waals surface area contributed by atoms with Gasteiger partial charge in [0.25, 0.3) is 0 Å². The highest BCUT2D eigenvalue weighted by molar-refractivity contribution is 5.93. The Morgan fingerprint density at radius 3 is 1.93 bits per heavy atom. The molecule has 3 aromatic carbocycles. The van der Waals surface area contributed by atoms with E-state index in [1.54, 1.807) is 0 Å². The van der Waals surface area contributed by atoms with Crippen molar-refractivity contribution in [2.24, 2.45) is 0 Å². The van der Waals surface area contributed by atoms with Gasteiger partial charge in [0.2, 0.25) is 0 Å². The van der Waals surface area contributed by atoms with E-state index >= 15 is 0 Å². The quantitative estimate of drug-likeness (QED) is 0.503. The van der Waals surface area contributed by atoms with Crippen LogP contribution in [0.2, 0.25) is 0 Å². The minimum atomic E-state index is -0.391. The van der Waals surface area contributed by atoms with E-state index in [9.17, 15) is 0 Å². The van der Waals surface area contributed by atoms with E-state index < -0.39 is 5.41 Å². The Kier molecular flexibility index (Phi) is 3.45. The highest BCUT2D eigenvalue weighted by Crippen LogP contribution is 2.61. The molecule has 0 radical (unpaired) electrons. The summed E-state index contributed by atoms with van der Waals surface area (Å²) < 4.78 is 6.30. The maximum atomic E-state index is 6.30. The number of rotatable bonds is 2. The lowest BCUT2D eigenvalue weighted by Crippen LogP contribution is -2.32. The molecule has 0 fully saturated rings. The fraction of sp³-hybridized carbons (Fsp3) is 0.0769. The smallest absolute Gasteiger partial charge is 0.132 e. The molecule has 0 atom stereocenters. The SMILES string of the molecule is C=CC1=C(/C=C\C)C2(c3ccccc3Oc3ccccc32)c2ccccc21. The molecule has 0 unspecified atom stereocenters. The molecule has 130 valence electrons. The summed E-state index contributed by atoms with van der Waals surface area (Å²) in [7, 11) is 0. The van der Waals surface area contributed by atoms with Gasteiger partial charge in [-0.3, -0.25) is 0 Å². The monoisotopic (exact) mass is 348 g/mol. The Labute approximate surface area is 159 Å². The molecule has 1 nitrogen and oxygen atoms in total. The lowest BCUT2D eigenvalue weighted by Gasteiger charge is -2.40. The van der Waals surface area contributed by atoms with Gasteiger partial charge < -0.3 is 4.74 Å². The minimum Gasteiger partial charge on any atom is -0.457 e. The van der Waals surface area contributed by atoms with Crippen LogP contribution in [0.3, 0.4) is 0 Å². The third-order valence-electron chi connectivity index (χ3n) is 5.65. The lowest BCUT2D eigenvalue weighted by atomic mass is 9.65. The van der Waals surface area contributed by atoms with Crippen molar-refractivity contribution in [2.45, 2.75) is 12.3 Å². The van der Waals surface area contributed by atoms with Crippen molar-refractivity contribution in [3.8, 4) is 11.5 Å². The predicted molar refractivity (Wildman–Crippen MR) is 111 cm³/mol. The van der Waals surface area contributed by atoms with E-state index in [1.165, 1.54) is 33.4 Å². The van der Waals surface area contributed by atoms with Crippen molar-refractivity contribution >= 4 is 5.57 Å². The second kappa shape index (κ2) is 5.85. The highest BCUT2D eigenvalue weighted by Gasteiger charge is 2.50. The molecule has 27 heavy (non-hydrogen) atoms. The molecule has 0 N–H and O–H groups in total. The third kappa shape index (κ3) is 1.94. The first-order valence-electron chi connectivity index (χ1n) is 9.29. The highest BCUT2D eigenvalue weighted by atomic mass is 16.5. The Morgan fingerprint density at radius 1 is 0.778 bits per heavy atom. The van der Waals surface area contributed by atoms with E-state index in [-0.39, 0.29) is 0 Å². The number of ether oxygens (including phenoxy) is 1. The average Bonchev–Trinajstić information content (AvgIpc) is 2.99. The molecule has 1 spiro atoms. The van der Waals surface area contributed by atoms with Crippen LogP contribution >= 0.6 is 0 Å². The number of benzene rings is 3. The van der Waals surface area contributed by atoms with Gasteiger partial charge in [-0.15, -0.1) is 0 Å². The molecule has 0 saturated carbocycles. The van der Waals surface area contributed by atoms with E-state index in [2.05, 4.69) is 86.3 Å². The Bertz CT molecular complexity index is 1080. The maximum absolute atomic E-state index is 6.30. The Hall–Kier alpha value is -3.32. The van der Waals surface area contributed by atoms with Crippen LogP contribution in [0.5, 0.6) is 11.5 Å². The number of fused-ring (bicyclic) bond motifs is 6. The van der Waals surface area contributed by atoms with Crippen molar-refractivity contribution in [1.82, 2.24) is 0 Å². The number of allylic oxidation sites excluding steroid dienone is 5. The van der Waals surface area contributed by atoms with Crippen molar-refractivity contribution in [1.29, 1.82) is 0 Å². The van der Waals surface area contributed by atoms with Gasteiger partial charge in [-0.05, 0) is 41.3 Å². The third-order valence-corrected chi connectivity index (χ3v) is 5.65. The second-order valence-electron chi connectivity index (χ2n) is 6.92. The number of hydrogen-bond donors (Lipinski definition) is 0. The molecular formula is C26H20O. The van der Waals surface area contributed by atoms with Crippen molar-refractivity contribution in [2.75, 3.05) is 0 Å². The van der Waals surface area contributed by atoms with Gasteiger partial charge in [-0.1, -0.05) is 85.5 Å². The number of para-hydroxylation sites is 2. The normalized spacial score (nSPS) is 16.0. The van der Waals surface area contributed by atoms with Crippen LogP contribution in [0.4, 0.5) is 0 Å². The zero-order valence-electron chi connectivity index (χ0n) is 15.3. The molecule has 5 rings (SSSR count). The first kappa shape index (κ1) is 15.9.